The first-order valence-corrected chi connectivity index (χ1v) is 7.90. The molecular weight excluding hydrogens is 267 g/mol. The van der Waals surface area contributed by atoms with Gasteiger partial charge in [0.25, 0.3) is 0 Å². The molecule has 3 N–H and O–H groups in total. The molecule has 3 nitrogen and oxygen atoms in total. The van der Waals surface area contributed by atoms with Crippen molar-refractivity contribution in [1.29, 1.82) is 0 Å². The van der Waals surface area contributed by atoms with Gasteiger partial charge in [0.15, 0.2) is 11.6 Å². The largest absolute Gasteiger partial charge is 0.488 e. The van der Waals surface area contributed by atoms with Gasteiger partial charge in [0.05, 0.1) is 17.5 Å². The number of benzene rings is 1. The number of nitrogens with one attached hydrogen (secondary N) is 1. The van der Waals surface area contributed by atoms with Crippen molar-refractivity contribution in [2.75, 3.05) is 11.1 Å². The third-order valence-corrected chi connectivity index (χ3v) is 4.51. The summed E-state index contributed by atoms with van der Waals surface area (Å²) in [6, 6.07) is 3.42. The van der Waals surface area contributed by atoms with Crippen LogP contribution in [0.4, 0.5) is 15.8 Å². The van der Waals surface area contributed by atoms with Crippen molar-refractivity contribution >= 4 is 11.4 Å². The van der Waals surface area contributed by atoms with Gasteiger partial charge in [-0.15, -0.1) is 0 Å². The van der Waals surface area contributed by atoms with E-state index >= 15 is 0 Å². The van der Waals surface area contributed by atoms with E-state index in [1.54, 1.807) is 6.07 Å². The highest BCUT2D eigenvalue weighted by Crippen LogP contribution is 2.35. The Morgan fingerprint density at radius 1 is 1.29 bits per heavy atom. The Morgan fingerprint density at radius 3 is 2.67 bits per heavy atom. The molecule has 0 spiro atoms. The molecule has 1 saturated carbocycles. The fourth-order valence-corrected chi connectivity index (χ4v) is 3.02. The zero-order valence-corrected chi connectivity index (χ0v) is 13.4. The van der Waals surface area contributed by atoms with Gasteiger partial charge in [-0.25, -0.2) is 4.39 Å². The highest BCUT2D eigenvalue weighted by atomic mass is 19.1. The van der Waals surface area contributed by atoms with Crippen LogP contribution in [0.5, 0.6) is 5.75 Å². The standard InChI is InChI=1S/C17H27FN2O/c1-10(2)21-17-9-16(14(19)8-13(17)18)20-15-7-5-6-11(3)12(15)4/h8-12,15,20H,5-7,19H2,1-4H3. The normalized spacial score (nSPS) is 25.9. The number of anilines is 2. The second-order valence-electron chi connectivity index (χ2n) is 6.55. The average molecular weight is 294 g/mol. The first-order valence-electron chi connectivity index (χ1n) is 7.90. The summed E-state index contributed by atoms with van der Waals surface area (Å²) in [5.74, 6) is 1.14. The summed E-state index contributed by atoms with van der Waals surface area (Å²) in [7, 11) is 0. The van der Waals surface area contributed by atoms with Gasteiger partial charge in [-0.2, -0.15) is 0 Å². The molecule has 0 radical (unpaired) electrons. The number of hydrogen-bond acceptors (Lipinski definition) is 3. The maximum atomic E-state index is 13.9. The highest BCUT2D eigenvalue weighted by Gasteiger charge is 2.27. The molecule has 0 amide bonds. The number of ether oxygens (including phenoxy) is 1. The molecule has 21 heavy (non-hydrogen) atoms. The van der Waals surface area contributed by atoms with Gasteiger partial charge in [0.2, 0.25) is 0 Å². The fraction of sp³-hybridized carbons (Fsp3) is 0.647. The molecule has 2 rings (SSSR count). The molecule has 1 fully saturated rings. The van der Waals surface area contributed by atoms with Crippen molar-refractivity contribution in [3.8, 4) is 5.75 Å². The average Bonchev–Trinajstić information content (AvgIpc) is 2.40. The number of hydrogen-bond donors (Lipinski definition) is 2. The smallest absolute Gasteiger partial charge is 0.167 e. The molecule has 1 aliphatic carbocycles. The fourth-order valence-electron chi connectivity index (χ4n) is 3.02. The first-order chi connectivity index (χ1) is 9.88. The van der Waals surface area contributed by atoms with Gasteiger partial charge in [0.1, 0.15) is 0 Å². The second kappa shape index (κ2) is 6.54. The lowest BCUT2D eigenvalue weighted by atomic mass is 9.78. The van der Waals surface area contributed by atoms with E-state index in [4.69, 9.17) is 10.5 Å². The lowest BCUT2D eigenvalue weighted by molar-refractivity contribution is 0.231. The molecule has 1 aromatic rings. The molecule has 4 heteroatoms. The molecule has 1 aromatic carbocycles. The molecule has 0 heterocycles. The van der Waals surface area contributed by atoms with Gasteiger partial charge >= 0.3 is 0 Å². The van der Waals surface area contributed by atoms with Gasteiger partial charge in [-0.3, -0.25) is 0 Å². The van der Waals surface area contributed by atoms with Crippen LogP contribution in [-0.2, 0) is 0 Å². The summed E-state index contributed by atoms with van der Waals surface area (Å²) < 4.78 is 19.4. The molecule has 118 valence electrons. The van der Waals surface area contributed by atoms with E-state index in [0.717, 1.165) is 12.1 Å². The Labute approximate surface area is 127 Å². The minimum Gasteiger partial charge on any atom is -0.488 e. The molecular formula is C17H27FN2O. The topological polar surface area (TPSA) is 47.3 Å². The van der Waals surface area contributed by atoms with Crippen molar-refractivity contribution in [2.24, 2.45) is 11.8 Å². The molecule has 0 aliphatic heterocycles. The third-order valence-electron chi connectivity index (χ3n) is 4.51. The Kier molecular flexibility index (Phi) is 4.96. The van der Waals surface area contributed by atoms with Crippen LogP contribution in [0.1, 0.15) is 47.0 Å². The lowest BCUT2D eigenvalue weighted by Crippen LogP contribution is -2.35. The van der Waals surface area contributed by atoms with Crippen molar-refractivity contribution < 1.29 is 9.13 Å². The van der Waals surface area contributed by atoms with Gasteiger partial charge in [-0.1, -0.05) is 26.7 Å². The summed E-state index contributed by atoms with van der Waals surface area (Å²) in [6.07, 6.45) is 3.56. The van der Waals surface area contributed by atoms with E-state index in [2.05, 4.69) is 19.2 Å². The summed E-state index contributed by atoms with van der Waals surface area (Å²) in [4.78, 5) is 0. The Hall–Kier alpha value is -1.45. The predicted molar refractivity (Wildman–Crippen MR) is 86.2 cm³/mol. The maximum Gasteiger partial charge on any atom is 0.167 e. The predicted octanol–water partition coefficient (Wildman–Crippen LogP) is 4.43. The second-order valence-corrected chi connectivity index (χ2v) is 6.55. The Morgan fingerprint density at radius 2 is 2.00 bits per heavy atom. The zero-order chi connectivity index (χ0) is 15.6. The van der Waals surface area contributed by atoms with E-state index in [0.29, 0.717) is 23.6 Å². The monoisotopic (exact) mass is 294 g/mol. The van der Waals surface area contributed by atoms with E-state index in [9.17, 15) is 4.39 Å². The van der Waals surface area contributed by atoms with E-state index in [1.165, 1.54) is 18.9 Å². The van der Waals surface area contributed by atoms with Crippen molar-refractivity contribution in [3.63, 3.8) is 0 Å². The van der Waals surface area contributed by atoms with Crippen LogP contribution >= 0.6 is 0 Å². The maximum absolute atomic E-state index is 13.9. The van der Waals surface area contributed by atoms with Gasteiger partial charge in [-0.05, 0) is 32.1 Å². The highest BCUT2D eigenvalue weighted by molar-refractivity contribution is 5.69. The van der Waals surface area contributed by atoms with Crippen molar-refractivity contribution in [2.45, 2.75) is 59.1 Å². The SMILES string of the molecule is CC(C)Oc1cc(NC2CCCC(C)C2C)c(N)cc1F. The quantitative estimate of drug-likeness (QED) is 0.807. The van der Waals surface area contributed by atoms with Crippen LogP contribution in [0.25, 0.3) is 0 Å². The Bertz CT molecular complexity index is 490. The van der Waals surface area contributed by atoms with Crippen LogP contribution in [0.2, 0.25) is 0 Å². The number of rotatable bonds is 4. The summed E-state index contributed by atoms with van der Waals surface area (Å²) >= 11 is 0. The summed E-state index contributed by atoms with van der Waals surface area (Å²) in [5.41, 5.74) is 7.18. The van der Waals surface area contributed by atoms with Crippen LogP contribution < -0.4 is 15.8 Å². The minimum absolute atomic E-state index is 0.0652. The lowest BCUT2D eigenvalue weighted by Gasteiger charge is -2.35. The minimum atomic E-state index is -0.406. The number of nitrogens with two attached hydrogens (primary N) is 1. The summed E-state index contributed by atoms with van der Waals surface area (Å²) in [5, 5.41) is 3.50. The molecule has 0 bridgehead atoms. The van der Waals surface area contributed by atoms with E-state index in [1.807, 2.05) is 13.8 Å². The number of halogens is 1. The molecule has 0 aromatic heterocycles. The zero-order valence-electron chi connectivity index (χ0n) is 13.4. The van der Waals surface area contributed by atoms with Crippen LogP contribution in [0.3, 0.4) is 0 Å². The number of nitrogen functional groups attached to an aromatic ring is 1. The molecule has 3 atom stereocenters. The van der Waals surface area contributed by atoms with E-state index < -0.39 is 5.82 Å². The van der Waals surface area contributed by atoms with Crippen molar-refractivity contribution in [3.05, 3.63) is 17.9 Å². The van der Waals surface area contributed by atoms with Crippen LogP contribution in [0.15, 0.2) is 12.1 Å². The third kappa shape index (κ3) is 3.80. The molecule has 3 unspecified atom stereocenters. The molecule has 0 saturated heterocycles. The van der Waals surface area contributed by atoms with E-state index in [-0.39, 0.29) is 11.9 Å². The van der Waals surface area contributed by atoms with Gasteiger partial charge < -0.3 is 15.8 Å². The Balaban J connectivity index is 2.19. The summed E-state index contributed by atoms with van der Waals surface area (Å²) in [6.45, 7) is 8.33. The van der Waals surface area contributed by atoms with Crippen LogP contribution in [0, 0.1) is 17.7 Å². The van der Waals surface area contributed by atoms with Gasteiger partial charge in [0, 0.05) is 18.2 Å². The first kappa shape index (κ1) is 15.9. The van der Waals surface area contributed by atoms with Crippen molar-refractivity contribution in [1.82, 2.24) is 0 Å². The van der Waals surface area contributed by atoms with Crippen LogP contribution in [-0.4, -0.2) is 12.1 Å². The molecule has 1 aliphatic rings.